The SMILES string of the molecule is COC(=O)C(C)(C)CNc1ccc2c(c1)CC(=O)N2. The minimum absolute atomic E-state index is 0.0158. The lowest BCUT2D eigenvalue weighted by Gasteiger charge is -2.22. The van der Waals surface area contributed by atoms with E-state index in [0.29, 0.717) is 13.0 Å². The first-order chi connectivity index (χ1) is 8.92. The van der Waals surface area contributed by atoms with Crippen LogP contribution in [0.15, 0.2) is 18.2 Å². The number of methoxy groups -OCH3 is 1. The van der Waals surface area contributed by atoms with Crippen LogP contribution in [0.5, 0.6) is 0 Å². The molecule has 1 aromatic rings. The zero-order chi connectivity index (χ0) is 14.0. The molecule has 0 aromatic heterocycles. The number of amides is 1. The molecule has 1 heterocycles. The monoisotopic (exact) mass is 262 g/mol. The first kappa shape index (κ1) is 13.4. The van der Waals surface area contributed by atoms with Crippen molar-refractivity contribution in [2.75, 3.05) is 24.3 Å². The van der Waals surface area contributed by atoms with E-state index in [2.05, 4.69) is 10.6 Å². The van der Waals surface area contributed by atoms with Crippen molar-refractivity contribution < 1.29 is 14.3 Å². The standard InChI is InChI=1S/C14H18N2O3/c1-14(2,13(18)19-3)8-15-10-4-5-11-9(6-10)7-12(17)16-11/h4-6,15H,7-8H2,1-3H3,(H,16,17). The molecule has 2 N–H and O–H groups in total. The highest BCUT2D eigenvalue weighted by atomic mass is 16.5. The Morgan fingerprint density at radius 3 is 2.89 bits per heavy atom. The zero-order valence-corrected chi connectivity index (χ0v) is 11.4. The fraction of sp³-hybridized carbons (Fsp3) is 0.429. The average molecular weight is 262 g/mol. The molecular formula is C14H18N2O3. The van der Waals surface area contributed by atoms with Gasteiger partial charge in [0.05, 0.1) is 18.9 Å². The van der Waals surface area contributed by atoms with Crippen LogP contribution in [0.2, 0.25) is 0 Å². The van der Waals surface area contributed by atoms with Gasteiger partial charge in [0.1, 0.15) is 0 Å². The summed E-state index contributed by atoms with van der Waals surface area (Å²) in [7, 11) is 1.39. The predicted octanol–water partition coefficient (Wildman–Crippen LogP) is 1.79. The van der Waals surface area contributed by atoms with Crippen LogP contribution in [0.25, 0.3) is 0 Å². The summed E-state index contributed by atoms with van der Waals surface area (Å²) < 4.78 is 4.76. The molecule has 0 radical (unpaired) electrons. The number of carbonyl (C=O) groups excluding carboxylic acids is 2. The van der Waals surface area contributed by atoms with Crippen LogP contribution in [0.1, 0.15) is 19.4 Å². The number of rotatable bonds is 4. The molecule has 2 rings (SSSR count). The molecule has 1 aromatic carbocycles. The van der Waals surface area contributed by atoms with E-state index in [1.165, 1.54) is 7.11 Å². The van der Waals surface area contributed by atoms with Gasteiger partial charge in [0.25, 0.3) is 0 Å². The second-order valence-electron chi connectivity index (χ2n) is 5.33. The van der Waals surface area contributed by atoms with Crippen molar-refractivity contribution in [3.63, 3.8) is 0 Å². The van der Waals surface area contributed by atoms with Gasteiger partial charge in [-0.15, -0.1) is 0 Å². The molecule has 0 spiro atoms. The van der Waals surface area contributed by atoms with E-state index >= 15 is 0 Å². The minimum atomic E-state index is -0.595. The Labute approximate surface area is 112 Å². The van der Waals surface area contributed by atoms with Crippen LogP contribution in [0, 0.1) is 5.41 Å². The van der Waals surface area contributed by atoms with Crippen molar-refractivity contribution in [3.05, 3.63) is 23.8 Å². The number of benzene rings is 1. The van der Waals surface area contributed by atoms with Gasteiger partial charge in [-0.3, -0.25) is 9.59 Å². The highest BCUT2D eigenvalue weighted by Crippen LogP contribution is 2.27. The summed E-state index contributed by atoms with van der Waals surface area (Å²) in [6, 6.07) is 5.69. The molecule has 102 valence electrons. The van der Waals surface area contributed by atoms with Gasteiger partial charge >= 0.3 is 5.97 Å². The van der Waals surface area contributed by atoms with Crippen LogP contribution >= 0.6 is 0 Å². The Morgan fingerprint density at radius 1 is 1.47 bits per heavy atom. The van der Waals surface area contributed by atoms with Crippen molar-refractivity contribution in [1.82, 2.24) is 0 Å². The van der Waals surface area contributed by atoms with E-state index in [0.717, 1.165) is 16.9 Å². The van der Waals surface area contributed by atoms with Crippen LogP contribution in [-0.2, 0) is 20.7 Å². The molecule has 5 nitrogen and oxygen atoms in total. The highest BCUT2D eigenvalue weighted by Gasteiger charge is 2.28. The molecular weight excluding hydrogens is 244 g/mol. The van der Waals surface area contributed by atoms with Gasteiger partial charge in [0.2, 0.25) is 5.91 Å². The zero-order valence-electron chi connectivity index (χ0n) is 11.4. The van der Waals surface area contributed by atoms with E-state index in [1.54, 1.807) is 0 Å². The quantitative estimate of drug-likeness (QED) is 0.812. The number of carbonyl (C=O) groups is 2. The Bertz CT molecular complexity index is 523. The van der Waals surface area contributed by atoms with Crippen LogP contribution in [0.3, 0.4) is 0 Å². The fourth-order valence-electron chi connectivity index (χ4n) is 2.01. The number of hydrogen-bond acceptors (Lipinski definition) is 4. The summed E-state index contributed by atoms with van der Waals surface area (Å²) in [5, 5.41) is 5.99. The van der Waals surface area contributed by atoms with Crippen molar-refractivity contribution in [1.29, 1.82) is 0 Å². The Balaban J connectivity index is 2.03. The lowest BCUT2D eigenvalue weighted by Crippen LogP contribution is -2.33. The van der Waals surface area contributed by atoms with Gasteiger partial charge < -0.3 is 15.4 Å². The van der Waals surface area contributed by atoms with E-state index in [9.17, 15) is 9.59 Å². The van der Waals surface area contributed by atoms with E-state index in [-0.39, 0.29) is 11.9 Å². The molecule has 1 aliphatic heterocycles. The third-order valence-corrected chi connectivity index (χ3v) is 3.20. The number of fused-ring (bicyclic) bond motifs is 1. The maximum atomic E-state index is 11.6. The van der Waals surface area contributed by atoms with Gasteiger partial charge in [-0.1, -0.05) is 0 Å². The summed E-state index contributed by atoms with van der Waals surface area (Å²) in [5.74, 6) is -0.236. The minimum Gasteiger partial charge on any atom is -0.469 e. The van der Waals surface area contributed by atoms with E-state index in [1.807, 2.05) is 32.0 Å². The number of hydrogen-bond donors (Lipinski definition) is 2. The lowest BCUT2D eigenvalue weighted by molar-refractivity contribution is -0.149. The van der Waals surface area contributed by atoms with Crippen LogP contribution in [-0.4, -0.2) is 25.5 Å². The smallest absolute Gasteiger partial charge is 0.313 e. The number of anilines is 2. The molecule has 1 amide bonds. The van der Waals surface area contributed by atoms with Gasteiger partial charge in [-0.25, -0.2) is 0 Å². The summed E-state index contributed by atoms with van der Waals surface area (Å²) in [5.41, 5.74) is 2.14. The average Bonchev–Trinajstić information content (AvgIpc) is 2.74. The first-order valence-electron chi connectivity index (χ1n) is 6.17. The Morgan fingerprint density at radius 2 is 2.21 bits per heavy atom. The molecule has 1 aliphatic rings. The normalized spacial score (nSPS) is 13.7. The van der Waals surface area contributed by atoms with Gasteiger partial charge in [0.15, 0.2) is 0 Å². The maximum Gasteiger partial charge on any atom is 0.313 e. The number of nitrogens with one attached hydrogen (secondary N) is 2. The van der Waals surface area contributed by atoms with E-state index in [4.69, 9.17) is 4.74 Å². The van der Waals surface area contributed by atoms with Crippen molar-refractivity contribution >= 4 is 23.3 Å². The molecule has 0 saturated carbocycles. The molecule has 0 bridgehead atoms. The maximum absolute atomic E-state index is 11.6. The third-order valence-electron chi connectivity index (χ3n) is 3.20. The summed E-state index contributed by atoms with van der Waals surface area (Å²) in [6.45, 7) is 4.12. The summed E-state index contributed by atoms with van der Waals surface area (Å²) in [4.78, 5) is 22.8. The summed E-state index contributed by atoms with van der Waals surface area (Å²) in [6.07, 6.45) is 0.408. The molecule has 19 heavy (non-hydrogen) atoms. The second kappa shape index (κ2) is 4.91. The number of esters is 1. The summed E-state index contributed by atoms with van der Waals surface area (Å²) >= 11 is 0. The van der Waals surface area contributed by atoms with Crippen molar-refractivity contribution in [3.8, 4) is 0 Å². The molecule has 0 unspecified atom stereocenters. The first-order valence-corrected chi connectivity index (χ1v) is 6.17. The number of ether oxygens (including phenoxy) is 1. The molecule has 0 fully saturated rings. The fourth-order valence-corrected chi connectivity index (χ4v) is 2.01. The highest BCUT2D eigenvalue weighted by molar-refractivity contribution is 5.99. The lowest BCUT2D eigenvalue weighted by atomic mass is 9.93. The predicted molar refractivity (Wildman–Crippen MR) is 73.1 cm³/mol. The van der Waals surface area contributed by atoms with Crippen molar-refractivity contribution in [2.45, 2.75) is 20.3 Å². The van der Waals surface area contributed by atoms with Gasteiger partial charge in [0, 0.05) is 17.9 Å². The van der Waals surface area contributed by atoms with Crippen LogP contribution in [0.4, 0.5) is 11.4 Å². The molecule has 0 saturated heterocycles. The third kappa shape index (κ3) is 2.86. The largest absolute Gasteiger partial charge is 0.469 e. The molecule has 0 aliphatic carbocycles. The Hall–Kier alpha value is -2.04. The molecule has 0 atom stereocenters. The Kier molecular flexibility index (Phi) is 3.46. The van der Waals surface area contributed by atoms with Gasteiger partial charge in [-0.05, 0) is 37.6 Å². The molecule has 5 heteroatoms. The van der Waals surface area contributed by atoms with Gasteiger partial charge in [-0.2, -0.15) is 0 Å². The van der Waals surface area contributed by atoms with E-state index < -0.39 is 5.41 Å². The topological polar surface area (TPSA) is 67.4 Å². The second-order valence-corrected chi connectivity index (χ2v) is 5.33. The van der Waals surface area contributed by atoms with Crippen LogP contribution < -0.4 is 10.6 Å². The van der Waals surface area contributed by atoms with Crippen molar-refractivity contribution in [2.24, 2.45) is 5.41 Å².